The third-order valence-corrected chi connectivity index (χ3v) is 17.2. The first-order valence-corrected chi connectivity index (χ1v) is 31.4. The van der Waals surface area contributed by atoms with E-state index in [2.05, 4.69) is 62.5 Å². The summed E-state index contributed by atoms with van der Waals surface area (Å²) in [6.45, 7) is 3.16. The summed E-state index contributed by atoms with van der Waals surface area (Å²) in [4.78, 5) is 170. The van der Waals surface area contributed by atoms with Crippen LogP contribution in [0, 0.1) is 11.6 Å². The minimum absolute atomic E-state index is 0.0185. The predicted molar refractivity (Wildman–Crippen MR) is 344 cm³/mol. The second kappa shape index (κ2) is 31.3. The maximum atomic E-state index is 15.2. The summed E-state index contributed by atoms with van der Waals surface area (Å²) in [7, 11) is 1.46. The summed E-state index contributed by atoms with van der Waals surface area (Å²) in [6.07, 6.45) is 4.83. The van der Waals surface area contributed by atoms with E-state index < -0.39 is 137 Å². The highest BCUT2D eigenvalue weighted by Gasteiger charge is 2.49. The Morgan fingerprint density at radius 1 is 0.656 bits per heavy atom. The number of ether oxygens (including phenoxy) is 1. The molecule has 10 amide bonds. The second-order valence-corrected chi connectivity index (χ2v) is 24.2. The number of methoxy groups -OCH3 is 1. The van der Waals surface area contributed by atoms with E-state index in [0.717, 1.165) is 6.07 Å². The molecule has 0 unspecified atom stereocenters. The van der Waals surface area contributed by atoms with E-state index in [1.807, 2.05) is 0 Å². The van der Waals surface area contributed by atoms with Crippen LogP contribution in [0.15, 0.2) is 110 Å². The summed E-state index contributed by atoms with van der Waals surface area (Å²) in [6, 6.07) is 9.52. The number of carboxylic acids is 1. The molecule has 6 heterocycles. The Balaban J connectivity index is 1.06. The number of benzene rings is 4. The van der Waals surface area contributed by atoms with Crippen LogP contribution in [-0.4, -0.2) is 163 Å². The van der Waals surface area contributed by atoms with Crippen molar-refractivity contribution < 1.29 is 71.4 Å². The third kappa shape index (κ3) is 17.6. The van der Waals surface area contributed by atoms with Gasteiger partial charge >= 0.3 is 5.97 Å². The molecule has 3 aliphatic rings. The van der Waals surface area contributed by atoms with Gasteiger partial charge in [0.2, 0.25) is 53.2 Å². The lowest BCUT2D eigenvalue weighted by Gasteiger charge is -2.37. The van der Waals surface area contributed by atoms with Gasteiger partial charge in [0, 0.05) is 103 Å². The van der Waals surface area contributed by atoms with Gasteiger partial charge < -0.3 is 78.0 Å². The molecule has 3 aliphatic heterocycles. The molecule has 7 aromatic rings. The van der Waals surface area contributed by atoms with Gasteiger partial charge in [-0.05, 0) is 122 Å². The Morgan fingerprint density at radius 2 is 1.27 bits per heavy atom. The van der Waals surface area contributed by atoms with E-state index in [4.69, 9.17) is 10.5 Å². The molecule has 0 saturated carbocycles. The topological polar surface area (TPSA) is 403 Å². The van der Waals surface area contributed by atoms with Crippen molar-refractivity contribution in [3.8, 4) is 5.75 Å². The van der Waals surface area contributed by atoms with Gasteiger partial charge in [-0.1, -0.05) is 30.7 Å². The van der Waals surface area contributed by atoms with Crippen LogP contribution in [0.3, 0.4) is 0 Å². The number of primary amides is 1. The molecule has 3 aromatic heterocycles. The van der Waals surface area contributed by atoms with Gasteiger partial charge in [0.25, 0.3) is 5.91 Å². The zero-order chi connectivity index (χ0) is 68.8. The van der Waals surface area contributed by atoms with E-state index in [0.29, 0.717) is 81.1 Å². The lowest BCUT2D eigenvalue weighted by Crippen LogP contribution is -2.63. The van der Waals surface area contributed by atoms with Gasteiger partial charge in [-0.2, -0.15) is 0 Å². The number of imidazole rings is 1. The van der Waals surface area contributed by atoms with E-state index >= 15 is 14.4 Å². The van der Waals surface area contributed by atoms with E-state index in [-0.39, 0.29) is 57.3 Å². The fourth-order valence-corrected chi connectivity index (χ4v) is 11.9. The van der Waals surface area contributed by atoms with Crippen LogP contribution in [0.5, 0.6) is 5.75 Å². The maximum absolute atomic E-state index is 15.2. The SMILES string of the molecule is COc1ccc(C[C@@H]2NC(=O)[C@H](Cc3cnc[nH]3)NC(=O)[C@H](CC(=O)O)NC(=O)[C@H](Cc3c[nH]c4cc(F)ccc34)NC(=O)[C@H](Cc3c[nH]c4ccc(F)cc34)NC(=O)[C@@H](C)NC(=O)CCCCCNC(=O)c3ccc(cc3)C[C@@H](C(N)=O)NC(=O)[C@]3(C)CCCN3C2=O)cc1. The molecule has 2 bridgehead atoms. The number of nitrogens with zero attached hydrogens (tertiary/aromatic N) is 2. The second-order valence-electron chi connectivity index (χ2n) is 24.2. The molecule has 4 aromatic carbocycles. The van der Waals surface area contributed by atoms with Crippen LogP contribution in [-0.2, 0) is 80.0 Å². The number of fused-ring (bicyclic) bond motifs is 32. The molecule has 1 saturated heterocycles. The van der Waals surface area contributed by atoms with Crippen molar-refractivity contribution in [1.29, 1.82) is 0 Å². The normalized spacial score (nSPS) is 23.0. The van der Waals surface area contributed by atoms with Crippen molar-refractivity contribution in [3.63, 3.8) is 0 Å². The van der Waals surface area contributed by atoms with Crippen LogP contribution < -0.4 is 53.0 Å². The van der Waals surface area contributed by atoms with Gasteiger partial charge in [-0.15, -0.1) is 0 Å². The highest BCUT2D eigenvalue weighted by atomic mass is 19.1. The summed E-state index contributed by atoms with van der Waals surface area (Å²) in [5.41, 5.74) is 7.32. The standard InChI is InChI=1S/C67H76F2N14O13/c1-36-59(88)77-51(27-41-33-73-48-20-16-42(68)28-47(41)48)61(90)78-52(26-40-32-74-49-29-43(69)15-19-46(40)49)62(91)80-54(31-57(85)86)64(93)79-53(30-44-34-71-35-75-44)63(92)81-55(25-38-11-17-45(96-3)18-12-38)65(94)83-23-7-21-67(83,2)66(95)82-50(58(70)87)24-37-9-13-39(14-10-37)60(89)72-22-6-4-5-8-56(84)76-36/h9-20,28-29,32-36,50-55,73-74H,4-8,21-27,30-31H2,1-3H3,(H2,70,87)(H,71,75)(H,72,89)(H,76,84)(H,77,88)(H,78,90)(H,79,93)(H,80,91)(H,81,92)(H,82,95)(H,85,86)/t36-,50+,51+,52+,53+,54+,55+,67+/m1/s1. The van der Waals surface area contributed by atoms with Gasteiger partial charge in [0.05, 0.1) is 19.9 Å². The highest BCUT2D eigenvalue weighted by molar-refractivity contribution is 6.01. The molecular formula is C67H76F2N14O13. The number of carbonyl (C=O) groups excluding carboxylic acids is 10. The summed E-state index contributed by atoms with van der Waals surface area (Å²) >= 11 is 0. The number of aromatic amines is 3. The number of halogens is 2. The van der Waals surface area contributed by atoms with Crippen molar-refractivity contribution in [2.45, 2.75) is 139 Å². The number of aliphatic carboxylic acids is 1. The van der Waals surface area contributed by atoms with E-state index in [1.54, 1.807) is 48.5 Å². The number of rotatable bonds is 12. The lowest BCUT2D eigenvalue weighted by atomic mass is 9.94. The average molecular weight is 1320 g/mol. The molecule has 8 atom stereocenters. The van der Waals surface area contributed by atoms with Crippen LogP contribution >= 0.6 is 0 Å². The van der Waals surface area contributed by atoms with Gasteiger partial charge in [0.15, 0.2) is 0 Å². The summed E-state index contributed by atoms with van der Waals surface area (Å²) in [5, 5.41) is 32.3. The number of H-pyrrole nitrogens is 3. The monoisotopic (exact) mass is 1320 g/mol. The van der Waals surface area contributed by atoms with Gasteiger partial charge in [0.1, 0.15) is 65.2 Å². The first-order chi connectivity index (χ1) is 45.9. The van der Waals surface area contributed by atoms with Gasteiger partial charge in [-0.25, -0.2) is 13.8 Å². The summed E-state index contributed by atoms with van der Waals surface area (Å²) < 4.78 is 34.7. The summed E-state index contributed by atoms with van der Waals surface area (Å²) in [5.74, 6) is -10.8. The fraction of sp³-hybridized carbons (Fsp3) is 0.373. The van der Waals surface area contributed by atoms with Crippen LogP contribution in [0.2, 0.25) is 0 Å². The number of nitrogens with two attached hydrogens (primary N) is 1. The lowest BCUT2D eigenvalue weighted by molar-refractivity contribution is -0.147. The Labute approximate surface area is 549 Å². The smallest absolute Gasteiger partial charge is 0.305 e. The first kappa shape index (κ1) is 69.3. The first-order valence-electron chi connectivity index (χ1n) is 31.4. The predicted octanol–water partition coefficient (Wildman–Crippen LogP) is 2.23. The quantitative estimate of drug-likeness (QED) is 0.0781. The Hall–Kier alpha value is -11.0. The van der Waals surface area contributed by atoms with E-state index in [1.165, 1.54) is 81.1 Å². The van der Waals surface area contributed by atoms with Crippen LogP contribution in [0.4, 0.5) is 8.78 Å². The van der Waals surface area contributed by atoms with Crippen molar-refractivity contribution >= 4 is 86.8 Å². The molecule has 0 spiro atoms. The molecule has 10 rings (SSSR count). The molecule has 0 radical (unpaired) electrons. The Kier molecular flexibility index (Phi) is 22.6. The third-order valence-electron chi connectivity index (χ3n) is 17.2. The molecule has 1 fully saturated rings. The largest absolute Gasteiger partial charge is 0.497 e. The number of hydrogen-bond donors (Lipinski definition) is 13. The highest BCUT2D eigenvalue weighted by Crippen LogP contribution is 2.32. The van der Waals surface area contributed by atoms with E-state index in [9.17, 15) is 52.2 Å². The molecule has 29 heteroatoms. The molecule has 27 nitrogen and oxygen atoms in total. The number of hydrogen-bond acceptors (Lipinski definition) is 13. The number of amides is 10. The average Bonchev–Trinajstić information content (AvgIpc) is 1.59. The minimum Gasteiger partial charge on any atom is -0.497 e. The van der Waals surface area contributed by atoms with Crippen molar-refractivity contribution in [2.75, 3.05) is 20.2 Å². The number of nitrogens with one attached hydrogen (secondary N) is 11. The molecule has 14 N–H and O–H groups in total. The van der Waals surface area contributed by atoms with Gasteiger partial charge in [-0.3, -0.25) is 52.7 Å². The maximum Gasteiger partial charge on any atom is 0.305 e. The zero-order valence-corrected chi connectivity index (χ0v) is 52.9. The molecule has 0 aliphatic carbocycles. The Morgan fingerprint density at radius 3 is 1.93 bits per heavy atom. The fourth-order valence-electron chi connectivity index (χ4n) is 11.9. The van der Waals surface area contributed by atoms with Crippen molar-refractivity contribution in [3.05, 3.63) is 155 Å². The van der Waals surface area contributed by atoms with Crippen molar-refractivity contribution in [1.82, 2.24) is 67.4 Å². The Bertz CT molecular complexity index is 4030. The molecule has 96 heavy (non-hydrogen) atoms. The number of carboxylic acid groups (broad SMARTS) is 1. The number of aromatic nitrogens is 4. The van der Waals surface area contributed by atoms with Crippen LogP contribution in [0.1, 0.15) is 97.1 Å². The zero-order valence-electron chi connectivity index (χ0n) is 52.9. The molecular weight excluding hydrogens is 1250 g/mol. The minimum atomic E-state index is -2.01. The number of carbonyl (C=O) groups is 11. The van der Waals surface area contributed by atoms with Crippen molar-refractivity contribution in [2.24, 2.45) is 5.73 Å². The molecule has 506 valence electrons. The van der Waals surface area contributed by atoms with Crippen LogP contribution in [0.25, 0.3) is 21.8 Å².